The number of nitrogens with one attached hydrogen (secondary N) is 1. The Kier molecular flexibility index (Phi) is 7.87. The third-order valence-corrected chi connectivity index (χ3v) is 6.75. The molecule has 3 fully saturated rings. The van der Waals surface area contributed by atoms with E-state index in [2.05, 4.69) is 10.1 Å². The van der Waals surface area contributed by atoms with Gasteiger partial charge >= 0.3 is 12.1 Å². The van der Waals surface area contributed by atoms with E-state index in [0.29, 0.717) is 56.2 Å². The Hall–Kier alpha value is -2.66. The Labute approximate surface area is 194 Å². The van der Waals surface area contributed by atoms with Crippen molar-refractivity contribution in [2.75, 3.05) is 20.2 Å². The number of alkyl halides is 3. The largest absolute Gasteiger partial charge is 0.491 e. The summed E-state index contributed by atoms with van der Waals surface area (Å²) in [6.07, 6.45) is -3.17. The van der Waals surface area contributed by atoms with E-state index in [9.17, 15) is 27.2 Å². The monoisotopic (exact) mass is 488 g/mol. The molecule has 0 heterocycles. The first kappa shape index (κ1) is 26.0. The molecule has 3 aliphatic carbocycles. The van der Waals surface area contributed by atoms with Crippen LogP contribution in [-0.4, -0.2) is 50.1 Å². The van der Waals surface area contributed by atoms with Gasteiger partial charge in [-0.15, -0.1) is 0 Å². The average molecular weight is 488 g/mol. The van der Waals surface area contributed by atoms with Gasteiger partial charge in [0.1, 0.15) is 12.4 Å². The number of halogens is 4. The predicted molar refractivity (Wildman–Crippen MR) is 113 cm³/mol. The minimum absolute atomic E-state index is 0.0583. The number of rotatable bonds is 9. The number of hydrogen-bond acceptors (Lipinski definition) is 6. The molecule has 1 amide bonds. The number of fused-ring (bicyclic) bond motifs is 3. The number of carbonyl (C=O) groups excluding carboxylic acids is 2. The maximum absolute atomic E-state index is 12.6. The van der Waals surface area contributed by atoms with E-state index in [1.165, 1.54) is 7.05 Å². The summed E-state index contributed by atoms with van der Waals surface area (Å²) in [5.74, 6) is -2.84. The molecule has 1 unspecified atom stereocenters. The molecule has 3 N–H and O–H groups in total. The van der Waals surface area contributed by atoms with Crippen molar-refractivity contribution in [1.82, 2.24) is 5.32 Å². The fraction of sp³-hybridized carbons (Fsp3) is 0.565. The average Bonchev–Trinajstić information content (AvgIpc) is 2.84. The Morgan fingerprint density at radius 1 is 1.12 bits per heavy atom. The van der Waals surface area contributed by atoms with E-state index in [-0.39, 0.29) is 18.6 Å². The second-order valence-corrected chi connectivity index (χ2v) is 8.71. The van der Waals surface area contributed by atoms with Crippen molar-refractivity contribution in [2.24, 2.45) is 5.73 Å². The molecule has 34 heavy (non-hydrogen) atoms. The minimum atomic E-state index is -5.23. The fourth-order valence-electron chi connectivity index (χ4n) is 4.62. The molecular weight excluding hydrogens is 460 g/mol. The summed E-state index contributed by atoms with van der Waals surface area (Å²) in [4.78, 5) is 23.3. The van der Waals surface area contributed by atoms with Gasteiger partial charge in [0.15, 0.2) is 0 Å². The summed E-state index contributed by atoms with van der Waals surface area (Å²) in [5, 5.41) is 2.18. The number of esters is 1. The highest BCUT2D eigenvalue weighted by atomic mass is 19.4. The molecule has 1 aromatic rings. The lowest BCUT2D eigenvalue weighted by molar-refractivity contribution is -0.252. The quantitative estimate of drug-likeness (QED) is 0.314. The van der Waals surface area contributed by atoms with Crippen LogP contribution in [0, 0.1) is 0 Å². The van der Waals surface area contributed by atoms with Crippen LogP contribution in [0.15, 0.2) is 36.2 Å². The van der Waals surface area contributed by atoms with E-state index >= 15 is 0 Å². The lowest BCUT2D eigenvalue weighted by Crippen LogP contribution is -2.54. The molecule has 3 aliphatic rings. The number of benzene rings is 1. The molecule has 0 radical (unpaired) electrons. The lowest BCUT2D eigenvalue weighted by atomic mass is 9.56. The molecule has 1 aromatic carbocycles. The van der Waals surface area contributed by atoms with E-state index in [1.54, 1.807) is 0 Å². The van der Waals surface area contributed by atoms with Gasteiger partial charge in [-0.2, -0.15) is 13.2 Å². The third-order valence-electron chi connectivity index (χ3n) is 6.75. The van der Waals surface area contributed by atoms with Gasteiger partial charge in [0, 0.05) is 19.2 Å². The van der Waals surface area contributed by atoms with Gasteiger partial charge in [0.25, 0.3) is 12.2 Å². The van der Waals surface area contributed by atoms with Crippen LogP contribution in [-0.2, 0) is 24.5 Å². The lowest BCUT2D eigenvalue weighted by Gasteiger charge is -2.53. The van der Waals surface area contributed by atoms with Crippen LogP contribution in [0.3, 0.4) is 0 Å². The van der Waals surface area contributed by atoms with Gasteiger partial charge in [-0.05, 0) is 61.6 Å². The van der Waals surface area contributed by atoms with Gasteiger partial charge in [0.05, 0.1) is 11.9 Å². The molecular formula is C23H28F4N2O5. The second kappa shape index (κ2) is 10.3. The predicted octanol–water partition coefficient (Wildman–Crippen LogP) is 3.42. The van der Waals surface area contributed by atoms with Crippen LogP contribution in [0.25, 0.3) is 0 Å². The standard InChI is InChI=1S/C23H28F4N2O5/c1-29-18(30)19(33-20(31)23(25,26)27)34-22-9-6-21(7-10-22,8-11-22)16-2-4-17(5-3-16)32-14-15(12-24)13-28/h2-5,12,19H,6-11,13-14,28H2,1H3,(H,29,30)/b15-12+. The highest BCUT2D eigenvalue weighted by Gasteiger charge is 2.52. The zero-order valence-electron chi connectivity index (χ0n) is 18.8. The fourth-order valence-corrected chi connectivity index (χ4v) is 4.62. The van der Waals surface area contributed by atoms with E-state index in [1.807, 2.05) is 24.3 Å². The van der Waals surface area contributed by atoms with Crippen molar-refractivity contribution in [3.63, 3.8) is 0 Å². The Morgan fingerprint density at radius 3 is 2.18 bits per heavy atom. The summed E-state index contributed by atoms with van der Waals surface area (Å²) < 4.78 is 66.2. The van der Waals surface area contributed by atoms with Gasteiger partial charge in [-0.3, -0.25) is 4.79 Å². The van der Waals surface area contributed by atoms with Crippen molar-refractivity contribution in [1.29, 1.82) is 0 Å². The van der Waals surface area contributed by atoms with Gasteiger partial charge in [0.2, 0.25) is 0 Å². The van der Waals surface area contributed by atoms with Gasteiger partial charge in [-0.25, -0.2) is 9.18 Å². The summed E-state index contributed by atoms with van der Waals surface area (Å²) in [7, 11) is 1.22. The normalized spacial score (nSPS) is 25.5. The molecule has 2 bridgehead atoms. The highest BCUT2D eigenvalue weighted by molar-refractivity contribution is 5.83. The van der Waals surface area contributed by atoms with Crippen molar-refractivity contribution in [3.8, 4) is 5.75 Å². The highest BCUT2D eigenvalue weighted by Crippen LogP contribution is 2.55. The molecule has 1 atom stereocenters. The molecule has 7 nitrogen and oxygen atoms in total. The Bertz CT molecular complexity index is 892. The Morgan fingerprint density at radius 2 is 1.71 bits per heavy atom. The first-order valence-electron chi connectivity index (χ1n) is 11.0. The molecule has 188 valence electrons. The molecule has 11 heteroatoms. The van der Waals surface area contributed by atoms with E-state index < -0.39 is 29.9 Å². The van der Waals surface area contributed by atoms with E-state index in [0.717, 1.165) is 5.56 Å². The van der Waals surface area contributed by atoms with Crippen LogP contribution in [0.5, 0.6) is 5.75 Å². The summed E-state index contributed by atoms with van der Waals surface area (Å²) in [5.41, 5.74) is 5.89. The number of nitrogens with two attached hydrogens (primary N) is 1. The maximum Gasteiger partial charge on any atom is 0.491 e. The van der Waals surface area contributed by atoms with Crippen LogP contribution >= 0.6 is 0 Å². The van der Waals surface area contributed by atoms with Crippen molar-refractivity contribution >= 4 is 11.9 Å². The molecule has 0 saturated heterocycles. The second-order valence-electron chi connectivity index (χ2n) is 8.71. The van der Waals surface area contributed by atoms with Crippen LogP contribution in [0.2, 0.25) is 0 Å². The molecule has 0 spiro atoms. The zero-order chi connectivity index (χ0) is 25.0. The number of hydrogen-bond donors (Lipinski definition) is 2. The first-order chi connectivity index (χ1) is 16.1. The van der Waals surface area contributed by atoms with Crippen molar-refractivity contribution < 1.29 is 41.4 Å². The van der Waals surface area contributed by atoms with Gasteiger partial charge < -0.3 is 25.3 Å². The smallest absolute Gasteiger partial charge is 0.489 e. The topological polar surface area (TPSA) is 99.9 Å². The van der Waals surface area contributed by atoms with Crippen molar-refractivity contribution in [3.05, 3.63) is 41.7 Å². The van der Waals surface area contributed by atoms with Crippen molar-refractivity contribution in [2.45, 2.75) is 62.0 Å². The summed E-state index contributed by atoms with van der Waals surface area (Å²) in [6.45, 7) is 0.125. The van der Waals surface area contributed by atoms with Crippen LogP contribution in [0.1, 0.15) is 44.1 Å². The number of ether oxygens (including phenoxy) is 3. The molecule has 0 aliphatic heterocycles. The third kappa shape index (κ3) is 5.69. The number of likely N-dealkylation sites (N-methyl/N-ethyl adjacent to an activating group) is 1. The minimum Gasteiger partial charge on any atom is -0.489 e. The maximum atomic E-state index is 12.6. The van der Waals surface area contributed by atoms with Crippen LogP contribution < -0.4 is 15.8 Å². The zero-order valence-corrected chi connectivity index (χ0v) is 18.8. The van der Waals surface area contributed by atoms with Crippen LogP contribution in [0.4, 0.5) is 17.6 Å². The molecule has 4 rings (SSSR count). The summed E-state index contributed by atoms with van der Waals surface area (Å²) in [6, 6.07) is 7.52. The van der Waals surface area contributed by atoms with Gasteiger partial charge in [-0.1, -0.05) is 12.1 Å². The van der Waals surface area contributed by atoms with E-state index in [4.69, 9.17) is 15.2 Å². The molecule has 0 aromatic heterocycles. The Balaban J connectivity index is 1.65. The summed E-state index contributed by atoms with van der Waals surface area (Å²) >= 11 is 0. The first-order valence-corrected chi connectivity index (χ1v) is 11.0. The SMILES string of the molecule is CNC(=O)C(OC(=O)C(F)(F)F)OC12CCC(c3ccc(OC/C(=C/F)CN)cc3)(CC1)CC2. The number of carbonyl (C=O) groups is 2. The number of amides is 1. The molecule has 3 saturated carbocycles.